The third-order valence-electron chi connectivity index (χ3n) is 4.30. The van der Waals surface area contributed by atoms with Gasteiger partial charge in [-0.3, -0.25) is 9.59 Å². The number of rotatable bonds is 4. The van der Waals surface area contributed by atoms with Crippen LogP contribution in [0, 0.1) is 0 Å². The first-order valence-electron chi connectivity index (χ1n) is 7.47. The molecule has 2 bridgehead atoms. The Morgan fingerprint density at radius 1 is 1.52 bits per heavy atom. The second-order valence-corrected chi connectivity index (χ2v) is 6.26. The molecule has 1 aromatic carbocycles. The van der Waals surface area contributed by atoms with Crippen molar-refractivity contribution in [1.29, 1.82) is 0 Å². The maximum atomic E-state index is 12.8. The number of carbonyl (C=O) groups excluding carboxylic acids is 1. The van der Waals surface area contributed by atoms with Crippen molar-refractivity contribution in [2.45, 2.75) is 43.4 Å². The number of carboxylic acid groups (broad SMARTS) is 1. The molecular weight excluding hydrogens is 320 g/mol. The van der Waals surface area contributed by atoms with Crippen LogP contribution in [0.15, 0.2) is 29.3 Å². The summed E-state index contributed by atoms with van der Waals surface area (Å²) in [4.78, 5) is 28.2. The number of Topliss-reactive ketones (excluding diaryl/α,β-unsaturated/α-hetero) is 1. The van der Waals surface area contributed by atoms with Gasteiger partial charge in [-0.05, 0) is 25.3 Å². The van der Waals surface area contributed by atoms with Crippen LogP contribution in [0.5, 0.6) is 0 Å². The highest BCUT2D eigenvalue weighted by Gasteiger charge is 2.52. The summed E-state index contributed by atoms with van der Waals surface area (Å²) in [5.41, 5.74) is 5.40. The van der Waals surface area contributed by atoms with Crippen molar-refractivity contribution in [3.05, 3.63) is 34.9 Å². The number of carboxylic acids is 1. The molecule has 3 rings (SSSR count). The van der Waals surface area contributed by atoms with Crippen molar-refractivity contribution >= 4 is 29.3 Å². The molecule has 0 spiro atoms. The van der Waals surface area contributed by atoms with Gasteiger partial charge in [0, 0.05) is 10.6 Å². The molecule has 1 aliphatic carbocycles. The SMILES string of the molecule is NC(CC(=O)O)C1=N[C@]2(c3ccccc3Cl)CCC[C@H](O1)C2=O. The van der Waals surface area contributed by atoms with Gasteiger partial charge in [-0.15, -0.1) is 0 Å². The lowest BCUT2D eigenvalue weighted by atomic mass is 9.73. The molecule has 122 valence electrons. The van der Waals surface area contributed by atoms with E-state index in [0.29, 0.717) is 23.4 Å². The van der Waals surface area contributed by atoms with E-state index < -0.39 is 23.7 Å². The minimum Gasteiger partial charge on any atom is -0.481 e. The summed E-state index contributed by atoms with van der Waals surface area (Å²) in [5, 5.41) is 9.37. The fourth-order valence-corrected chi connectivity index (χ4v) is 3.51. The van der Waals surface area contributed by atoms with Gasteiger partial charge < -0.3 is 15.6 Å². The number of ether oxygens (including phenoxy) is 1. The molecule has 0 amide bonds. The van der Waals surface area contributed by atoms with Crippen LogP contribution in [0.3, 0.4) is 0 Å². The Hall–Kier alpha value is -1.92. The van der Waals surface area contributed by atoms with E-state index in [2.05, 4.69) is 4.99 Å². The quantitative estimate of drug-likeness (QED) is 0.874. The number of hydrogen-bond donors (Lipinski definition) is 2. The zero-order valence-electron chi connectivity index (χ0n) is 12.4. The summed E-state index contributed by atoms with van der Waals surface area (Å²) in [7, 11) is 0. The van der Waals surface area contributed by atoms with E-state index >= 15 is 0 Å². The van der Waals surface area contributed by atoms with Crippen LogP contribution in [-0.4, -0.2) is 34.9 Å². The molecule has 3 N–H and O–H groups in total. The summed E-state index contributed by atoms with van der Waals surface area (Å²) >= 11 is 6.29. The molecular formula is C16H17ClN2O4. The number of benzene rings is 1. The van der Waals surface area contributed by atoms with Gasteiger partial charge in [-0.2, -0.15) is 0 Å². The number of carbonyl (C=O) groups is 2. The minimum atomic E-state index is -1.12. The molecule has 0 saturated heterocycles. The van der Waals surface area contributed by atoms with Crippen LogP contribution in [-0.2, 0) is 19.9 Å². The second kappa shape index (κ2) is 5.94. The van der Waals surface area contributed by atoms with E-state index in [4.69, 9.17) is 27.2 Å². The number of fused-ring (bicyclic) bond motifs is 2. The third kappa shape index (κ3) is 2.72. The number of halogens is 1. The standard InChI is InChI=1S/C16H17ClN2O4/c17-10-5-2-1-4-9(10)16-7-3-6-12(14(16)22)23-15(19-16)11(18)8-13(20)21/h1-2,4-5,11-12H,3,6-8,18H2,(H,20,21)/t11?,12-,16-/m0/s1. The summed E-state index contributed by atoms with van der Waals surface area (Å²) < 4.78 is 5.59. The second-order valence-electron chi connectivity index (χ2n) is 5.86. The average molecular weight is 337 g/mol. The van der Waals surface area contributed by atoms with Crippen molar-refractivity contribution in [2.24, 2.45) is 10.7 Å². The van der Waals surface area contributed by atoms with Gasteiger partial charge in [0.05, 0.1) is 12.5 Å². The van der Waals surface area contributed by atoms with Gasteiger partial charge in [0.15, 0.2) is 11.6 Å². The smallest absolute Gasteiger partial charge is 0.305 e. The molecule has 1 unspecified atom stereocenters. The fourth-order valence-electron chi connectivity index (χ4n) is 3.22. The molecule has 0 radical (unpaired) electrons. The maximum Gasteiger partial charge on any atom is 0.305 e. The highest BCUT2D eigenvalue weighted by molar-refractivity contribution is 6.32. The van der Waals surface area contributed by atoms with Crippen LogP contribution >= 0.6 is 11.6 Å². The van der Waals surface area contributed by atoms with E-state index in [1.54, 1.807) is 24.3 Å². The highest BCUT2D eigenvalue weighted by atomic mass is 35.5. The van der Waals surface area contributed by atoms with E-state index in [1.165, 1.54) is 0 Å². The topological polar surface area (TPSA) is 102 Å². The Morgan fingerprint density at radius 3 is 2.96 bits per heavy atom. The molecule has 1 heterocycles. The van der Waals surface area contributed by atoms with Crippen LogP contribution in [0.25, 0.3) is 0 Å². The van der Waals surface area contributed by atoms with Crippen molar-refractivity contribution in [2.75, 3.05) is 0 Å². The van der Waals surface area contributed by atoms with Gasteiger partial charge >= 0.3 is 5.97 Å². The van der Waals surface area contributed by atoms with Gasteiger partial charge in [0.1, 0.15) is 0 Å². The molecule has 1 aliphatic heterocycles. The molecule has 7 heteroatoms. The summed E-state index contributed by atoms with van der Waals surface area (Å²) in [6, 6.07) is 6.19. The van der Waals surface area contributed by atoms with E-state index in [1.807, 2.05) is 0 Å². The number of ketones is 1. The number of nitrogens with two attached hydrogens (primary N) is 1. The summed E-state index contributed by atoms with van der Waals surface area (Å²) in [6.07, 6.45) is 0.903. The largest absolute Gasteiger partial charge is 0.481 e. The zero-order valence-corrected chi connectivity index (χ0v) is 13.1. The fraction of sp³-hybridized carbons (Fsp3) is 0.438. The van der Waals surface area contributed by atoms with Crippen molar-refractivity contribution in [3.8, 4) is 0 Å². The van der Waals surface area contributed by atoms with Crippen molar-refractivity contribution < 1.29 is 19.4 Å². The first kappa shape index (κ1) is 16.0. The summed E-state index contributed by atoms with van der Waals surface area (Å²) in [5.74, 6) is -1.06. The third-order valence-corrected chi connectivity index (χ3v) is 4.63. The normalized spacial score (nSPS) is 27.8. The highest BCUT2D eigenvalue weighted by Crippen LogP contribution is 2.44. The zero-order chi connectivity index (χ0) is 16.6. The predicted molar refractivity (Wildman–Crippen MR) is 84.5 cm³/mol. The average Bonchev–Trinajstić information content (AvgIpc) is 2.47. The van der Waals surface area contributed by atoms with E-state index in [0.717, 1.165) is 6.42 Å². The van der Waals surface area contributed by atoms with Gasteiger partial charge in [-0.25, -0.2) is 4.99 Å². The van der Waals surface area contributed by atoms with Crippen LogP contribution in [0.2, 0.25) is 5.02 Å². The molecule has 3 atom stereocenters. The molecule has 0 aromatic heterocycles. The molecule has 1 aromatic rings. The van der Waals surface area contributed by atoms with Crippen LogP contribution in [0.1, 0.15) is 31.2 Å². The molecule has 1 saturated carbocycles. The molecule has 2 aliphatic rings. The Balaban J connectivity index is 2.09. The number of nitrogens with zero attached hydrogens (tertiary/aromatic N) is 1. The predicted octanol–water partition coefficient (Wildman–Crippen LogP) is 1.89. The molecule has 6 nitrogen and oxygen atoms in total. The maximum absolute atomic E-state index is 12.8. The van der Waals surface area contributed by atoms with Gasteiger partial charge in [0.25, 0.3) is 0 Å². The van der Waals surface area contributed by atoms with Crippen LogP contribution in [0.4, 0.5) is 0 Å². The van der Waals surface area contributed by atoms with Crippen LogP contribution < -0.4 is 5.73 Å². The summed E-state index contributed by atoms with van der Waals surface area (Å²) in [6.45, 7) is 0. The lowest BCUT2D eigenvalue weighted by molar-refractivity contribution is -0.138. The van der Waals surface area contributed by atoms with Gasteiger partial charge in [0.2, 0.25) is 11.7 Å². The Bertz CT molecular complexity index is 690. The minimum absolute atomic E-state index is 0.122. The Kier molecular flexibility index (Phi) is 4.12. The van der Waals surface area contributed by atoms with E-state index in [9.17, 15) is 9.59 Å². The first-order valence-corrected chi connectivity index (χ1v) is 7.85. The van der Waals surface area contributed by atoms with Gasteiger partial charge in [-0.1, -0.05) is 29.8 Å². The molecule has 1 fully saturated rings. The number of aliphatic imine (C=N–C) groups is 1. The number of hydrogen-bond acceptors (Lipinski definition) is 5. The lowest BCUT2D eigenvalue weighted by Crippen LogP contribution is -2.54. The monoisotopic (exact) mass is 336 g/mol. The Labute approximate surface area is 138 Å². The van der Waals surface area contributed by atoms with Crippen molar-refractivity contribution in [3.63, 3.8) is 0 Å². The lowest BCUT2D eigenvalue weighted by Gasteiger charge is -2.42. The van der Waals surface area contributed by atoms with E-state index in [-0.39, 0.29) is 18.1 Å². The number of aliphatic carboxylic acids is 1. The first-order chi connectivity index (χ1) is 10.9. The molecule has 23 heavy (non-hydrogen) atoms. The Morgan fingerprint density at radius 2 is 2.26 bits per heavy atom. The van der Waals surface area contributed by atoms with Crippen molar-refractivity contribution in [1.82, 2.24) is 0 Å².